The summed E-state index contributed by atoms with van der Waals surface area (Å²) in [7, 11) is 0. The Morgan fingerprint density at radius 2 is 0.774 bits per heavy atom. The summed E-state index contributed by atoms with van der Waals surface area (Å²) in [5.74, 6) is -11.9. The van der Waals surface area contributed by atoms with Crippen LogP contribution in [0.2, 0.25) is 0 Å². The van der Waals surface area contributed by atoms with Crippen LogP contribution in [0.3, 0.4) is 0 Å². The summed E-state index contributed by atoms with van der Waals surface area (Å²) < 4.78 is 38.5. The Morgan fingerprint density at radius 3 is 0.871 bits per heavy atom. The van der Waals surface area contributed by atoms with Crippen molar-refractivity contribution in [3.63, 3.8) is 0 Å². The van der Waals surface area contributed by atoms with Gasteiger partial charge < -0.3 is 31.3 Å². The molecule has 0 aromatic heterocycles. The molecule has 0 amide bonds. The second-order valence-corrected chi connectivity index (χ2v) is 5.64. The van der Waals surface area contributed by atoms with Gasteiger partial charge in [0.05, 0.1) is 0 Å². The number of halogens is 3. The topological polar surface area (TPSA) is 148 Å². The van der Waals surface area contributed by atoms with E-state index in [1.165, 1.54) is 55.1 Å². The number of nitrogens with one attached hydrogen (secondary N) is 3. The van der Waals surface area contributed by atoms with Crippen LogP contribution in [0.15, 0.2) is 73.3 Å². The average molecular weight is 604 g/mol. The maximum absolute atomic E-state index is 12.8. The molecule has 3 atom stereocenters. The molecule has 0 fully saturated rings. The molecule has 13 heteroatoms. The Morgan fingerprint density at radius 1 is 0.548 bits per heavy atom. The van der Waals surface area contributed by atoms with E-state index in [4.69, 9.17) is 15.3 Å². The molecule has 3 heterocycles. The van der Waals surface area contributed by atoms with Crippen molar-refractivity contribution in [3.05, 3.63) is 73.3 Å². The number of rotatable bonds is 3. The summed E-state index contributed by atoms with van der Waals surface area (Å²) in [5, 5.41) is 31.0. The molecule has 0 spiro atoms. The number of allylic oxidation sites excluding steroid dienone is 6. The second kappa shape index (κ2) is 12.2. The van der Waals surface area contributed by atoms with Crippen molar-refractivity contribution in [1.29, 1.82) is 0 Å². The molecular weight excluding hydrogens is 586 g/mol. The van der Waals surface area contributed by atoms with Gasteiger partial charge in [0.1, 0.15) is 0 Å². The molecule has 177 valence electrons. The predicted octanol–water partition coefficient (Wildman–Crippen LogP) is 1.23. The number of carboxylic acid groups (broad SMARTS) is 3. The Bertz CT molecular complexity index is 751. The van der Waals surface area contributed by atoms with Crippen LogP contribution in [0.25, 0.3) is 0 Å². The first-order chi connectivity index (χ1) is 14.0. The predicted molar refractivity (Wildman–Crippen MR) is 98.7 cm³/mol. The van der Waals surface area contributed by atoms with Crippen molar-refractivity contribution < 1.29 is 79.7 Å². The Kier molecular flexibility index (Phi) is 11.1. The zero-order valence-corrected chi connectivity index (χ0v) is 17.0. The maximum atomic E-state index is 12.8. The van der Waals surface area contributed by atoms with E-state index in [1.54, 1.807) is 0 Å². The van der Waals surface area contributed by atoms with E-state index >= 15 is 0 Å². The maximum Gasteiger partial charge on any atom is 0.366 e. The molecule has 0 bridgehead atoms. The first kappa shape index (κ1) is 28.3. The second-order valence-electron chi connectivity index (χ2n) is 5.64. The van der Waals surface area contributed by atoms with Gasteiger partial charge in [0.25, 0.3) is 17.4 Å². The van der Waals surface area contributed by atoms with Crippen LogP contribution < -0.4 is 16.0 Å². The van der Waals surface area contributed by atoms with Crippen molar-refractivity contribution in [2.45, 2.75) is 17.4 Å². The van der Waals surface area contributed by atoms with Crippen LogP contribution in [0, 0.1) is 36.9 Å². The summed E-state index contributed by atoms with van der Waals surface area (Å²) in [5.41, 5.74) is 0. The standard InChI is InChI=1S/3C6H6FNO2.Lu/c3*7-6(5(9)10)3-1-2-4-8-6;/h3*1-4,8H,(H,9,10);. The third kappa shape index (κ3) is 8.50. The minimum atomic E-state index is -2.42. The van der Waals surface area contributed by atoms with Crippen molar-refractivity contribution in [2.75, 3.05) is 0 Å². The third-order valence-electron chi connectivity index (χ3n) is 3.41. The fourth-order valence-corrected chi connectivity index (χ4v) is 1.78. The number of alkyl halides is 3. The molecule has 9 nitrogen and oxygen atoms in total. The number of carboxylic acids is 3. The number of hydrogen-bond donors (Lipinski definition) is 6. The Labute approximate surface area is 203 Å². The zero-order chi connectivity index (χ0) is 22.8. The molecule has 3 rings (SSSR count). The third-order valence-corrected chi connectivity index (χ3v) is 3.41. The minimum absolute atomic E-state index is 0. The molecule has 3 unspecified atom stereocenters. The molecular formula is C18H18F3LuN3O6. The first-order valence-electron chi connectivity index (χ1n) is 8.08. The molecule has 3 aliphatic heterocycles. The summed E-state index contributed by atoms with van der Waals surface area (Å²) in [6.07, 6.45) is 15.1. The molecule has 0 aromatic carbocycles. The van der Waals surface area contributed by atoms with Gasteiger partial charge in [-0.3, -0.25) is 0 Å². The van der Waals surface area contributed by atoms with Gasteiger partial charge in [-0.1, -0.05) is 18.2 Å². The molecule has 0 aromatic rings. The average Bonchev–Trinajstić information content (AvgIpc) is 2.70. The molecule has 0 aliphatic carbocycles. The van der Waals surface area contributed by atoms with Crippen LogP contribution in [-0.2, 0) is 14.4 Å². The number of aliphatic carboxylic acids is 3. The van der Waals surface area contributed by atoms with Crippen molar-refractivity contribution in [3.8, 4) is 0 Å². The van der Waals surface area contributed by atoms with E-state index in [2.05, 4.69) is 16.0 Å². The van der Waals surface area contributed by atoms with Crippen LogP contribution in [0.1, 0.15) is 0 Å². The van der Waals surface area contributed by atoms with Gasteiger partial charge in [-0.2, -0.15) is 0 Å². The van der Waals surface area contributed by atoms with Gasteiger partial charge >= 0.3 is 17.9 Å². The van der Waals surface area contributed by atoms with E-state index < -0.39 is 35.3 Å². The largest absolute Gasteiger partial charge is 0.477 e. The first-order valence-corrected chi connectivity index (χ1v) is 8.08. The van der Waals surface area contributed by atoms with Gasteiger partial charge in [-0.05, 0) is 55.1 Å². The van der Waals surface area contributed by atoms with Gasteiger partial charge in [-0.15, -0.1) is 0 Å². The van der Waals surface area contributed by atoms with Gasteiger partial charge in [0.2, 0.25) is 0 Å². The van der Waals surface area contributed by atoms with E-state index in [0.29, 0.717) is 0 Å². The summed E-state index contributed by atoms with van der Waals surface area (Å²) in [4.78, 5) is 30.5. The van der Waals surface area contributed by atoms with Crippen molar-refractivity contribution in [1.82, 2.24) is 16.0 Å². The summed E-state index contributed by atoms with van der Waals surface area (Å²) in [6, 6.07) is 0. The fourth-order valence-electron chi connectivity index (χ4n) is 1.78. The van der Waals surface area contributed by atoms with Gasteiger partial charge in [0, 0.05) is 36.9 Å². The van der Waals surface area contributed by atoms with Crippen LogP contribution in [-0.4, -0.2) is 50.6 Å². The Hall–Kier alpha value is -2.73. The number of dihydropyridines is 3. The number of carbonyl (C=O) groups is 3. The molecule has 6 N–H and O–H groups in total. The van der Waals surface area contributed by atoms with E-state index in [9.17, 15) is 27.6 Å². The summed E-state index contributed by atoms with van der Waals surface area (Å²) >= 11 is 0. The van der Waals surface area contributed by atoms with Crippen LogP contribution in [0.5, 0.6) is 0 Å². The monoisotopic (exact) mass is 604 g/mol. The van der Waals surface area contributed by atoms with Crippen LogP contribution in [0.4, 0.5) is 13.2 Å². The quantitative estimate of drug-likeness (QED) is 0.262. The molecule has 3 aliphatic rings. The van der Waals surface area contributed by atoms with Crippen molar-refractivity contribution in [2.24, 2.45) is 0 Å². The van der Waals surface area contributed by atoms with E-state index in [-0.39, 0.29) is 36.9 Å². The molecule has 31 heavy (non-hydrogen) atoms. The van der Waals surface area contributed by atoms with E-state index in [1.807, 2.05) is 0 Å². The molecule has 0 saturated carbocycles. The molecule has 0 saturated heterocycles. The number of hydrogen-bond acceptors (Lipinski definition) is 6. The normalized spacial score (nSPS) is 28.7. The summed E-state index contributed by atoms with van der Waals surface area (Å²) in [6.45, 7) is 0. The fraction of sp³-hybridized carbons (Fsp3) is 0.167. The van der Waals surface area contributed by atoms with Gasteiger partial charge in [0.15, 0.2) is 0 Å². The zero-order valence-electron chi connectivity index (χ0n) is 15.4. The smallest absolute Gasteiger partial charge is 0.366 e. The Balaban J connectivity index is 0.000000429. The van der Waals surface area contributed by atoms with Gasteiger partial charge in [-0.25, -0.2) is 27.6 Å². The molecule has 1 radical (unpaired) electrons. The van der Waals surface area contributed by atoms with Crippen molar-refractivity contribution >= 4 is 17.9 Å². The van der Waals surface area contributed by atoms with Crippen LogP contribution >= 0.6 is 0 Å². The van der Waals surface area contributed by atoms with E-state index in [0.717, 1.165) is 18.2 Å². The minimum Gasteiger partial charge on any atom is -0.477 e. The SMILES string of the molecule is O=C(O)C1(F)C=CC=CN1.O=C(O)C1(F)C=CC=CN1.O=C(O)C1(F)C=CC=CN1.[Lu].